The van der Waals surface area contributed by atoms with Crippen LogP contribution in [0.2, 0.25) is 10.0 Å². The highest BCUT2D eigenvalue weighted by atomic mass is 35.5. The number of benzene rings is 1. The molecule has 0 fully saturated rings. The Hall–Kier alpha value is -0.0900. The Bertz CT molecular complexity index is 333. The fourth-order valence-corrected chi connectivity index (χ4v) is 1.87. The van der Waals surface area contributed by atoms with Crippen molar-refractivity contribution in [3.05, 3.63) is 27.7 Å². The van der Waals surface area contributed by atoms with Crippen LogP contribution < -0.4 is 10.1 Å². The van der Waals surface area contributed by atoms with Gasteiger partial charge in [0.1, 0.15) is 5.75 Å². The lowest BCUT2D eigenvalue weighted by Crippen LogP contribution is -2.10. The van der Waals surface area contributed by atoms with Gasteiger partial charge in [-0.2, -0.15) is 12.6 Å². The van der Waals surface area contributed by atoms with Crippen molar-refractivity contribution >= 4 is 35.8 Å². The van der Waals surface area contributed by atoms with Gasteiger partial charge in [-0.05, 0) is 18.7 Å². The molecule has 0 aliphatic carbocycles. The molecule has 1 rings (SSSR count). The smallest absolute Gasteiger partial charge is 0.138 e. The van der Waals surface area contributed by atoms with Crippen LogP contribution in [-0.2, 0) is 0 Å². The van der Waals surface area contributed by atoms with Crippen molar-refractivity contribution in [1.82, 2.24) is 5.32 Å². The maximum atomic E-state index is 6.03. The summed E-state index contributed by atoms with van der Waals surface area (Å²) in [6, 6.07) is 3.43. The van der Waals surface area contributed by atoms with Gasteiger partial charge in [0.05, 0.1) is 17.5 Å². The third-order valence-electron chi connectivity index (χ3n) is 1.84. The average Bonchev–Trinajstić information content (AvgIpc) is 2.19. The molecule has 1 unspecified atom stereocenters. The first-order valence-corrected chi connectivity index (χ1v) is 5.25. The molecule has 14 heavy (non-hydrogen) atoms. The average molecular weight is 252 g/mol. The molecule has 1 aromatic rings. The molecule has 5 heteroatoms. The van der Waals surface area contributed by atoms with Crippen LogP contribution in [0.1, 0.15) is 10.9 Å². The van der Waals surface area contributed by atoms with E-state index in [4.69, 9.17) is 27.9 Å². The minimum Gasteiger partial charge on any atom is -0.495 e. The quantitative estimate of drug-likeness (QED) is 0.637. The number of hydrogen-bond donors (Lipinski definition) is 2. The highest BCUT2D eigenvalue weighted by molar-refractivity contribution is 7.80. The minimum absolute atomic E-state index is 0.133. The summed E-state index contributed by atoms with van der Waals surface area (Å²) in [5.41, 5.74) is 0.836. The summed E-state index contributed by atoms with van der Waals surface area (Å²) >= 11 is 16.3. The molecule has 0 saturated heterocycles. The lowest BCUT2D eigenvalue weighted by molar-refractivity contribution is 0.415. The van der Waals surface area contributed by atoms with Crippen molar-refractivity contribution in [1.29, 1.82) is 0 Å². The van der Waals surface area contributed by atoms with Gasteiger partial charge in [-0.15, -0.1) is 0 Å². The third-order valence-corrected chi connectivity index (χ3v) is 3.00. The molecule has 0 bridgehead atoms. The van der Waals surface area contributed by atoms with Crippen LogP contribution in [-0.4, -0.2) is 14.2 Å². The van der Waals surface area contributed by atoms with E-state index in [0.717, 1.165) is 5.56 Å². The summed E-state index contributed by atoms with van der Waals surface area (Å²) in [6.07, 6.45) is 0. The number of rotatable bonds is 3. The van der Waals surface area contributed by atoms with Crippen LogP contribution in [0, 0.1) is 0 Å². The van der Waals surface area contributed by atoms with Crippen LogP contribution in [0.3, 0.4) is 0 Å². The van der Waals surface area contributed by atoms with E-state index in [1.165, 1.54) is 0 Å². The van der Waals surface area contributed by atoms with Crippen LogP contribution >= 0.6 is 35.8 Å². The van der Waals surface area contributed by atoms with E-state index >= 15 is 0 Å². The normalized spacial score (nSPS) is 12.6. The number of nitrogens with one attached hydrogen (secondary N) is 1. The molecule has 0 aliphatic rings. The van der Waals surface area contributed by atoms with Crippen LogP contribution in [0.5, 0.6) is 5.75 Å². The number of ether oxygens (including phenoxy) is 1. The molecule has 0 aromatic heterocycles. The Morgan fingerprint density at radius 2 is 2.00 bits per heavy atom. The number of thiol groups is 1. The first-order chi connectivity index (χ1) is 6.60. The predicted octanol–water partition coefficient (Wildman–Crippen LogP) is 3.15. The SMILES string of the molecule is CNC(S)c1cc(Cl)c(OC)cc1Cl. The molecule has 1 N–H and O–H groups in total. The fourth-order valence-electron chi connectivity index (χ4n) is 1.07. The molecule has 1 aromatic carbocycles. The second-order valence-electron chi connectivity index (χ2n) is 2.70. The van der Waals surface area contributed by atoms with Gasteiger partial charge < -0.3 is 10.1 Å². The molecule has 0 spiro atoms. The zero-order chi connectivity index (χ0) is 10.7. The largest absolute Gasteiger partial charge is 0.495 e. The standard InChI is InChI=1S/C9H11Cl2NOS/c1-12-9(14)5-3-7(11)8(13-2)4-6(5)10/h3-4,9,12,14H,1-2H3. The Morgan fingerprint density at radius 1 is 1.36 bits per heavy atom. The van der Waals surface area contributed by atoms with Gasteiger partial charge >= 0.3 is 0 Å². The monoisotopic (exact) mass is 251 g/mol. The highest BCUT2D eigenvalue weighted by Crippen LogP contribution is 2.34. The number of hydrogen-bond acceptors (Lipinski definition) is 3. The Morgan fingerprint density at radius 3 is 2.50 bits per heavy atom. The molecule has 0 radical (unpaired) electrons. The maximum absolute atomic E-state index is 6.03. The Labute approximate surface area is 99.0 Å². The van der Waals surface area contributed by atoms with E-state index in [1.54, 1.807) is 26.3 Å². The minimum atomic E-state index is -0.133. The molecule has 0 aliphatic heterocycles. The topological polar surface area (TPSA) is 21.3 Å². The van der Waals surface area contributed by atoms with E-state index in [-0.39, 0.29) is 5.37 Å². The third kappa shape index (κ3) is 2.48. The lowest BCUT2D eigenvalue weighted by atomic mass is 10.2. The van der Waals surface area contributed by atoms with Gasteiger partial charge in [0.2, 0.25) is 0 Å². The fraction of sp³-hybridized carbons (Fsp3) is 0.333. The van der Waals surface area contributed by atoms with Crippen LogP contribution in [0.4, 0.5) is 0 Å². The van der Waals surface area contributed by atoms with Crippen molar-refractivity contribution in [3.8, 4) is 5.75 Å². The van der Waals surface area contributed by atoms with Crippen molar-refractivity contribution in [2.24, 2.45) is 0 Å². The molecular weight excluding hydrogens is 241 g/mol. The second-order valence-corrected chi connectivity index (χ2v) is 4.03. The molecule has 78 valence electrons. The van der Waals surface area contributed by atoms with Gasteiger partial charge in [-0.25, -0.2) is 0 Å². The van der Waals surface area contributed by atoms with Crippen molar-refractivity contribution in [2.75, 3.05) is 14.2 Å². The van der Waals surface area contributed by atoms with Crippen LogP contribution in [0.25, 0.3) is 0 Å². The van der Waals surface area contributed by atoms with Gasteiger partial charge in [-0.3, -0.25) is 0 Å². The summed E-state index contributed by atoms with van der Waals surface area (Å²) in [7, 11) is 3.35. The maximum Gasteiger partial charge on any atom is 0.138 e. The molecule has 0 saturated carbocycles. The zero-order valence-electron chi connectivity index (χ0n) is 7.84. The van der Waals surface area contributed by atoms with E-state index in [0.29, 0.717) is 15.8 Å². The summed E-state index contributed by atoms with van der Waals surface area (Å²) in [5.74, 6) is 0.567. The number of halogens is 2. The van der Waals surface area contributed by atoms with Gasteiger partial charge in [-0.1, -0.05) is 23.2 Å². The lowest BCUT2D eigenvalue weighted by Gasteiger charge is -2.13. The zero-order valence-corrected chi connectivity index (χ0v) is 10.2. The van der Waals surface area contributed by atoms with Crippen molar-refractivity contribution in [2.45, 2.75) is 5.37 Å². The summed E-state index contributed by atoms with van der Waals surface area (Å²) in [6.45, 7) is 0. The Balaban J connectivity index is 3.14. The molecular formula is C9H11Cl2NOS. The van der Waals surface area contributed by atoms with E-state index in [2.05, 4.69) is 17.9 Å². The first-order valence-electron chi connectivity index (χ1n) is 3.98. The van der Waals surface area contributed by atoms with Gasteiger partial charge in [0.15, 0.2) is 0 Å². The molecule has 0 amide bonds. The van der Waals surface area contributed by atoms with E-state index in [1.807, 2.05) is 0 Å². The van der Waals surface area contributed by atoms with Gasteiger partial charge in [0.25, 0.3) is 0 Å². The highest BCUT2D eigenvalue weighted by Gasteiger charge is 2.12. The predicted molar refractivity (Wildman–Crippen MR) is 63.8 cm³/mol. The second kappa shape index (κ2) is 5.12. The van der Waals surface area contributed by atoms with Gasteiger partial charge in [0, 0.05) is 11.1 Å². The summed E-state index contributed by atoms with van der Waals surface area (Å²) < 4.78 is 5.03. The Kier molecular flexibility index (Phi) is 4.38. The van der Waals surface area contributed by atoms with Crippen molar-refractivity contribution < 1.29 is 4.74 Å². The van der Waals surface area contributed by atoms with E-state index < -0.39 is 0 Å². The summed E-state index contributed by atoms with van der Waals surface area (Å²) in [4.78, 5) is 0. The summed E-state index contributed by atoms with van der Waals surface area (Å²) in [5, 5.41) is 3.95. The number of methoxy groups -OCH3 is 1. The molecule has 2 nitrogen and oxygen atoms in total. The van der Waals surface area contributed by atoms with Crippen LogP contribution in [0.15, 0.2) is 12.1 Å². The molecule has 0 heterocycles. The van der Waals surface area contributed by atoms with Crippen molar-refractivity contribution in [3.63, 3.8) is 0 Å². The first kappa shape index (κ1) is 12.0. The molecule has 1 atom stereocenters. The van der Waals surface area contributed by atoms with E-state index in [9.17, 15) is 0 Å².